The van der Waals surface area contributed by atoms with E-state index in [2.05, 4.69) is 20.1 Å². The maximum absolute atomic E-state index is 12.4. The maximum atomic E-state index is 12.4. The summed E-state index contributed by atoms with van der Waals surface area (Å²) in [5, 5.41) is 12.4. The average Bonchev–Trinajstić information content (AvgIpc) is 3.11. The van der Waals surface area contributed by atoms with Crippen LogP contribution in [0.2, 0.25) is 5.02 Å². The molecule has 1 atom stereocenters. The highest BCUT2D eigenvalue weighted by Crippen LogP contribution is 2.32. The van der Waals surface area contributed by atoms with Crippen LogP contribution in [0.4, 0.5) is 8.78 Å². The minimum Gasteiger partial charge on any atom is -0.433 e. The van der Waals surface area contributed by atoms with Crippen molar-refractivity contribution in [3.63, 3.8) is 0 Å². The first kappa shape index (κ1) is 15.6. The fourth-order valence-corrected chi connectivity index (χ4v) is 2.44. The standard InChI is InChI=1S/C15H13ClF2N4O/c1-15(4-5-19-21-15)9-22-8-11(7-20-22)10-2-3-12(16)13(6-10)23-14(17)18/h2-8,14H,9H2,1H3. The van der Waals surface area contributed by atoms with E-state index in [1.165, 1.54) is 12.1 Å². The summed E-state index contributed by atoms with van der Waals surface area (Å²) < 4.78 is 30.9. The van der Waals surface area contributed by atoms with Gasteiger partial charge in [-0.2, -0.15) is 24.1 Å². The highest BCUT2D eigenvalue weighted by molar-refractivity contribution is 6.32. The Labute approximate surface area is 136 Å². The van der Waals surface area contributed by atoms with Gasteiger partial charge in [0.05, 0.1) is 17.8 Å². The first-order valence-corrected chi connectivity index (χ1v) is 7.20. The first-order valence-electron chi connectivity index (χ1n) is 6.82. The number of nitrogens with zero attached hydrogens (tertiary/aromatic N) is 4. The molecule has 1 aliphatic rings. The molecule has 0 saturated carbocycles. The molecule has 1 aromatic carbocycles. The third-order valence-electron chi connectivity index (χ3n) is 3.38. The van der Waals surface area contributed by atoms with Gasteiger partial charge in [0.15, 0.2) is 0 Å². The molecule has 3 rings (SSSR count). The lowest BCUT2D eigenvalue weighted by atomic mass is 10.1. The van der Waals surface area contributed by atoms with Crippen LogP contribution in [-0.4, -0.2) is 21.9 Å². The van der Waals surface area contributed by atoms with Crippen molar-refractivity contribution in [1.82, 2.24) is 9.78 Å². The summed E-state index contributed by atoms with van der Waals surface area (Å²) in [5.74, 6) is -0.0635. The number of aromatic nitrogens is 2. The molecule has 2 heterocycles. The van der Waals surface area contributed by atoms with Crippen LogP contribution in [0.15, 0.2) is 53.1 Å². The molecular formula is C15H13ClF2N4O. The number of azo groups is 1. The van der Waals surface area contributed by atoms with E-state index in [9.17, 15) is 8.78 Å². The Bertz CT molecular complexity index is 761. The molecule has 0 N–H and O–H groups in total. The molecule has 1 unspecified atom stereocenters. The molecule has 23 heavy (non-hydrogen) atoms. The number of halogens is 3. The number of alkyl halides is 2. The quantitative estimate of drug-likeness (QED) is 0.803. The van der Waals surface area contributed by atoms with Crippen LogP contribution in [0, 0.1) is 0 Å². The molecule has 1 aromatic heterocycles. The molecule has 0 bridgehead atoms. The minimum absolute atomic E-state index is 0.0635. The zero-order valence-electron chi connectivity index (χ0n) is 12.2. The number of ether oxygens (including phenoxy) is 1. The second kappa shape index (κ2) is 6.08. The highest BCUT2D eigenvalue weighted by Gasteiger charge is 2.24. The van der Waals surface area contributed by atoms with Crippen LogP contribution in [0.5, 0.6) is 5.75 Å². The van der Waals surface area contributed by atoms with Crippen LogP contribution in [0.25, 0.3) is 11.1 Å². The zero-order valence-corrected chi connectivity index (χ0v) is 12.9. The summed E-state index contributed by atoms with van der Waals surface area (Å²) in [6.07, 6.45) is 7.00. The second-order valence-corrected chi connectivity index (χ2v) is 5.75. The molecule has 0 fully saturated rings. The molecule has 2 aromatic rings. The molecule has 0 radical (unpaired) electrons. The molecule has 5 nitrogen and oxygen atoms in total. The van der Waals surface area contributed by atoms with Crippen molar-refractivity contribution in [1.29, 1.82) is 0 Å². The van der Waals surface area contributed by atoms with E-state index in [4.69, 9.17) is 11.6 Å². The Hall–Kier alpha value is -2.28. The van der Waals surface area contributed by atoms with Crippen molar-refractivity contribution in [2.75, 3.05) is 0 Å². The average molecular weight is 339 g/mol. The fraction of sp³-hybridized carbons (Fsp3) is 0.267. The molecule has 0 spiro atoms. The van der Waals surface area contributed by atoms with E-state index in [1.807, 2.05) is 19.2 Å². The molecule has 0 aliphatic carbocycles. The van der Waals surface area contributed by atoms with Crippen molar-refractivity contribution < 1.29 is 13.5 Å². The van der Waals surface area contributed by atoms with E-state index < -0.39 is 12.2 Å². The van der Waals surface area contributed by atoms with Gasteiger partial charge < -0.3 is 4.74 Å². The van der Waals surface area contributed by atoms with Crippen LogP contribution >= 0.6 is 11.6 Å². The molecule has 0 amide bonds. The van der Waals surface area contributed by atoms with E-state index in [1.54, 1.807) is 23.1 Å². The van der Waals surface area contributed by atoms with Gasteiger partial charge >= 0.3 is 6.61 Å². The third-order valence-corrected chi connectivity index (χ3v) is 3.69. The van der Waals surface area contributed by atoms with Gasteiger partial charge in [-0.15, -0.1) is 0 Å². The van der Waals surface area contributed by atoms with Gasteiger partial charge in [-0.1, -0.05) is 17.7 Å². The molecule has 8 heteroatoms. The first-order chi connectivity index (χ1) is 11.0. The monoisotopic (exact) mass is 338 g/mol. The summed E-state index contributed by atoms with van der Waals surface area (Å²) in [6, 6.07) is 4.70. The number of benzene rings is 1. The van der Waals surface area contributed by atoms with Crippen molar-refractivity contribution in [2.45, 2.75) is 25.6 Å². The van der Waals surface area contributed by atoms with Gasteiger partial charge in [-0.3, -0.25) is 4.68 Å². The van der Waals surface area contributed by atoms with Crippen LogP contribution < -0.4 is 4.74 Å². The van der Waals surface area contributed by atoms with E-state index >= 15 is 0 Å². The third kappa shape index (κ3) is 3.56. The number of rotatable bonds is 5. The normalized spacial score (nSPS) is 19.7. The smallest absolute Gasteiger partial charge is 0.387 e. The summed E-state index contributed by atoms with van der Waals surface area (Å²) in [7, 11) is 0. The van der Waals surface area contributed by atoms with Gasteiger partial charge in [-0.05, 0) is 30.7 Å². The van der Waals surface area contributed by atoms with Crippen molar-refractivity contribution in [2.24, 2.45) is 10.2 Å². The lowest BCUT2D eigenvalue weighted by molar-refractivity contribution is -0.0497. The number of hydrogen-bond donors (Lipinski definition) is 0. The van der Waals surface area contributed by atoms with Crippen molar-refractivity contribution in [3.05, 3.63) is 47.9 Å². The number of hydrogen-bond acceptors (Lipinski definition) is 4. The molecule has 0 saturated heterocycles. The van der Waals surface area contributed by atoms with Gasteiger partial charge in [0.1, 0.15) is 11.3 Å². The zero-order chi connectivity index (χ0) is 16.4. The Balaban J connectivity index is 1.83. The molecular weight excluding hydrogens is 326 g/mol. The van der Waals surface area contributed by atoms with Crippen molar-refractivity contribution >= 4 is 11.6 Å². The summed E-state index contributed by atoms with van der Waals surface area (Å²) in [6.45, 7) is -0.455. The Morgan fingerprint density at radius 2 is 2.17 bits per heavy atom. The van der Waals surface area contributed by atoms with Crippen LogP contribution in [0.3, 0.4) is 0 Å². The second-order valence-electron chi connectivity index (χ2n) is 5.34. The largest absolute Gasteiger partial charge is 0.433 e. The topological polar surface area (TPSA) is 51.8 Å². The summed E-state index contributed by atoms with van der Waals surface area (Å²) >= 11 is 5.86. The fourth-order valence-electron chi connectivity index (χ4n) is 2.27. The Kier molecular flexibility index (Phi) is 4.12. The Morgan fingerprint density at radius 1 is 1.35 bits per heavy atom. The maximum Gasteiger partial charge on any atom is 0.387 e. The van der Waals surface area contributed by atoms with Crippen LogP contribution in [0.1, 0.15) is 6.92 Å². The predicted octanol–water partition coefficient (Wildman–Crippen LogP) is 4.54. The van der Waals surface area contributed by atoms with E-state index in [0.29, 0.717) is 12.1 Å². The lowest BCUT2D eigenvalue weighted by Gasteiger charge is -2.15. The summed E-state index contributed by atoms with van der Waals surface area (Å²) in [5.41, 5.74) is 1.03. The van der Waals surface area contributed by atoms with Gasteiger partial charge in [0.25, 0.3) is 0 Å². The SMILES string of the molecule is CC1(Cn2cc(-c3ccc(Cl)c(OC(F)F)c3)cn2)C=CN=N1. The summed E-state index contributed by atoms with van der Waals surface area (Å²) in [4.78, 5) is 0. The highest BCUT2D eigenvalue weighted by atomic mass is 35.5. The van der Waals surface area contributed by atoms with Gasteiger partial charge in [0, 0.05) is 18.0 Å². The predicted molar refractivity (Wildman–Crippen MR) is 81.7 cm³/mol. The molecule has 120 valence electrons. The Morgan fingerprint density at radius 3 is 2.87 bits per heavy atom. The van der Waals surface area contributed by atoms with Crippen molar-refractivity contribution in [3.8, 4) is 16.9 Å². The lowest BCUT2D eigenvalue weighted by Crippen LogP contribution is -2.24. The van der Waals surface area contributed by atoms with E-state index in [0.717, 1.165) is 5.56 Å². The van der Waals surface area contributed by atoms with E-state index in [-0.39, 0.29) is 10.8 Å². The minimum atomic E-state index is -2.93. The van der Waals surface area contributed by atoms with Gasteiger partial charge in [0.2, 0.25) is 0 Å². The van der Waals surface area contributed by atoms with Gasteiger partial charge in [-0.25, -0.2) is 0 Å². The molecule has 1 aliphatic heterocycles. The van der Waals surface area contributed by atoms with Crippen LogP contribution in [-0.2, 0) is 6.54 Å².